The van der Waals surface area contributed by atoms with Crippen LogP contribution in [0.5, 0.6) is 0 Å². The van der Waals surface area contributed by atoms with E-state index in [4.69, 9.17) is 4.74 Å². The largest absolute Gasteiger partial charge is 0.466 e. The van der Waals surface area contributed by atoms with Crippen LogP contribution in [0.15, 0.2) is 0 Å². The van der Waals surface area contributed by atoms with E-state index < -0.39 is 0 Å². The fraction of sp³-hybridized carbons (Fsp3) is 0.944. The molecule has 0 unspecified atom stereocenters. The van der Waals surface area contributed by atoms with E-state index in [1.54, 1.807) is 0 Å². The molecule has 128 valence electrons. The number of carbonyl (C=O) groups is 1. The molecule has 21 heavy (non-hydrogen) atoms. The van der Waals surface area contributed by atoms with Gasteiger partial charge in [0, 0.05) is 6.42 Å². The summed E-state index contributed by atoms with van der Waals surface area (Å²) in [5.41, 5.74) is 0. The van der Waals surface area contributed by atoms with Gasteiger partial charge in [-0.05, 0) is 12.8 Å². The molecule has 0 aliphatic rings. The van der Waals surface area contributed by atoms with E-state index in [9.17, 15) is 4.79 Å². The third kappa shape index (κ3) is 19.4. The molecule has 0 saturated carbocycles. The highest BCUT2D eigenvalue weighted by Gasteiger charge is 2.02. The Morgan fingerprint density at radius 3 is 1.62 bits per heavy atom. The van der Waals surface area contributed by atoms with Crippen molar-refractivity contribution in [2.24, 2.45) is 0 Å². The molecule has 0 atom stereocenters. The number of hydrogen-bond donors (Lipinski definition) is 1. The molecule has 0 aromatic heterocycles. The summed E-state index contributed by atoms with van der Waals surface area (Å²) in [6.45, 7) is 5.09. The van der Waals surface area contributed by atoms with Gasteiger partial charge in [0.25, 0.3) is 0 Å². The van der Waals surface area contributed by atoms with Gasteiger partial charge in [0.15, 0.2) is 0 Å². The van der Waals surface area contributed by atoms with Crippen molar-refractivity contribution in [2.45, 2.75) is 104 Å². The molecule has 0 spiro atoms. The highest BCUT2D eigenvalue weighted by Crippen LogP contribution is 2.09. The van der Waals surface area contributed by atoms with Crippen LogP contribution in [-0.2, 0) is 9.53 Å². The fourth-order valence-electron chi connectivity index (χ4n) is 2.37. The van der Waals surface area contributed by atoms with Crippen molar-refractivity contribution in [2.75, 3.05) is 6.61 Å². The van der Waals surface area contributed by atoms with E-state index in [1.165, 1.54) is 70.6 Å². The van der Waals surface area contributed by atoms with E-state index in [-0.39, 0.29) is 12.1 Å². The lowest BCUT2D eigenvalue weighted by Gasteiger charge is -2.05. The van der Waals surface area contributed by atoms with E-state index in [1.807, 2.05) is 0 Å². The van der Waals surface area contributed by atoms with E-state index in [2.05, 4.69) is 13.8 Å². The Morgan fingerprint density at radius 2 is 1.10 bits per heavy atom. The Morgan fingerprint density at radius 1 is 0.667 bits per heavy atom. The third-order valence-corrected chi connectivity index (χ3v) is 3.75. The minimum Gasteiger partial charge on any atom is -0.466 e. The lowest BCUT2D eigenvalue weighted by atomic mass is 10.1. The second-order valence-electron chi connectivity index (χ2n) is 5.86. The molecular formula is C18H39NO2. The van der Waals surface area contributed by atoms with Gasteiger partial charge in [-0.1, -0.05) is 84.5 Å². The molecule has 0 fully saturated rings. The van der Waals surface area contributed by atoms with Crippen molar-refractivity contribution < 1.29 is 9.53 Å². The first-order chi connectivity index (χ1) is 9.81. The predicted molar refractivity (Wildman–Crippen MR) is 92.0 cm³/mol. The van der Waals surface area contributed by atoms with Gasteiger partial charge in [-0.25, -0.2) is 0 Å². The Labute approximate surface area is 132 Å². The van der Waals surface area contributed by atoms with Crippen LogP contribution in [0.25, 0.3) is 0 Å². The van der Waals surface area contributed by atoms with Gasteiger partial charge in [0.05, 0.1) is 6.61 Å². The van der Waals surface area contributed by atoms with Crippen molar-refractivity contribution >= 4 is 5.97 Å². The minimum absolute atomic E-state index is 0. The summed E-state index contributed by atoms with van der Waals surface area (Å²) in [7, 11) is 0. The molecule has 0 bridgehead atoms. The smallest absolute Gasteiger partial charge is 0.305 e. The maximum atomic E-state index is 11.5. The van der Waals surface area contributed by atoms with E-state index in [0.717, 1.165) is 12.8 Å². The maximum Gasteiger partial charge on any atom is 0.305 e. The number of carbonyl (C=O) groups excluding carboxylic acids is 1. The Bertz CT molecular complexity index is 207. The second-order valence-corrected chi connectivity index (χ2v) is 5.86. The lowest BCUT2D eigenvalue weighted by molar-refractivity contribution is -0.143. The number of hydrogen-bond acceptors (Lipinski definition) is 3. The fourth-order valence-corrected chi connectivity index (χ4v) is 2.37. The molecule has 0 aliphatic carbocycles. The molecular weight excluding hydrogens is 262 g/mol. The lowest BCUT2D eigenvalue weighted by Crippen LogP contribution is -2.05. The Hall–Kier alpha value is -0.570. The Kier molecular flexibility index (Phi) is 21.0. The van der Waals surface area contributed by atoms with Gasteiger partial charge in [-0.2, -0.15) is 0 Å². The molecule has 0 heterocycles. The van der Waals surface area contributed by atoms with E-state index >= 15 is 0 Å². The first kappa shape index (κ1) is 22.7. The van der Waals surface area contributed by atoms with Crippen LogP contribution in [0.4, 0.5) is 0 Å². The van der Waals surface area contributed by atoms with Crippen LogP contribution < -0.4 is 6.15 Å². The van der Waals surface area contributed by atoms with Crippen LogP contribution in [0, 0.1) is 0 Å². The first-order valence-electron chi connectivity index (χ1n) is 8.96. The third-order valence-electron chi connectivity index (χ3n) is 3.75. The average molecular weight is 302 g/mol. The SMILES string of the molecule is CCCCCCCCCOC(=O)CCCCCCCC.N. The minimum atomic E-state index is 0. The molecule has 3 nitrogen and oxygen atoms in total. The molecule has 0 amide bonds. The number of ether oxygens (including phenoxy) is 1. The highest BCUT2D eigenvalue weighted by atomic mass is 16.5. The van der Waals surface area contributed by atoms with Gasteiger partial charge in [0.2, 0.25) is 0 Å². The van der Waals surface area contributed by atoms with Crippen LogP contribution in [0.3, 0.4) is 0 Å². The summed E-state index contributed by atoms with van der Waals surface area (Å²) in [4.78, 5) is 11.5. The average Bonchev–Trinajstić information content (AvgIpc) is 2.45. The topological polar surface area (TPSA) is 61.3 Å². The van der Waals surface area contributed by atoms with Gasteiger partial charge < -0.3 is 10.9 Å². The summed E-state index contributed by atoms with van der Waals surface area (Å²) < 4.78 is 5.26. The summed E-state index contributed by atoms with van der Waals surface area (Å²) in [6, 6.07) is 0. The number of unbranched alkanes of at least 4 members (excludes halogenated alkanes) is 11. The van der Waals surface area contributed by atoms with Gasteiger partial charge in [-0.15, -0.1) is 0 Å². The number of esters is 1. The zero-order valence-electron chi connectivity index (χ0n) is 14.6. The highest BCUT2D eigenvalue weighted by molar-refractivity contribution is 5.69. The normalized spacial score (nSPS) is 10.2. The van der Waals surface area contributed by atoms with Gasteiger partial charge in [0.1, 0.15) is 0 Å². The standard InChI is InChI=1S/C18H36O2.H3N/c1-3-5-7-9-11-13-15-17-20-18(19)16-14-12-10-8-6-4-2;/h3-17H2,1-2H3;1H3. The summed E-state index contributed by atoms with van der Waals surface area (Å²) in [5.74, 6) is 0.00599. The molecule has 0 saturated heterocycles. The summed E-state index contributed by atoms with van der Waals surface area (Å²) in [5, 5.41) is 0. The van der Waals surface area contributed by atoms with Crippen LogP contribution >= 0.6 is 0 Å². The van der Waals surface area contributed by atoms with Crippen LogP contribution in [-0.4, -0.2) is 12.6 Å². The monoisotopic (exact) mass is 301 g/mol. The van der Waals surface area contributed by atoms with Crippen LogP contribution in [0.2, 0.25) is 0 Å². The molecule has 0 aromatic carbocycles. The molecule has 0 aliphatic heterocycles. The van der Waals surface area contributed by atoms with Crippen molar-refractivity contribution in [1.29, 1.82) is 0 Å². The quantitative estimate of drug-likeness (QED) is 0.289. The zero-order chi connectivity index (χ0) is 14.9. The van der Waals surface area contributed by atoms with Crippen molar-refractivity contribution in [1.82, 2.24) is 6.15 Å². The van der Waals surface area contributed by atoms with Crippen molar-refractivity contribution in [3.05, 3.63) is 0 Å². The van der Waals surface area contributed by atoms with Crippen molar-refractivity contribution in [3.63, 3.8) is 0 Å². The van der Waals surface area contributed by atoms with E-state index in [0.29, 0.717) is 13.0 Å². The van der Waals surface area contributed by atoms with Gasteiger partial charge in [-0.3, -0.25) is 4.79 Å². The molecule has 3 N–H and O–H groups in total. The van der Waals surface area contributed by atoms with Crippen LogP contribution in [0.1, 0.15) is 104 Å². The Balaban J connectivity index is 0. The summed E-state index contributed by atoms with van der Waals surface area (Å²) in [6.07, 6.45) is 16.8. The molecule has 0 rings (SSSR count). The van der Waals surface area contributed by atoms with Crippen molar-refractivity contribution in [3.8, 4) is 0 Å². The van der Waals surface area contributed by atoms with Gasteiger partial charge >= 0.3 is 5.97 Å². The predicted octanol–water partition coefficient (Wildman–Crippen LogP) is 6.19. The summed E-state index contributed by atoms with van der Waals surface area (Å²) >= 11 is 0. The molecule has 0 radical (unpaired) electrons. The second kappa shape index (κ2) is 19.4. The molecule has 0 aromatic rings. The molecule has 3 heteroatoms. The number of rotatable bonds is 15. The first-order valence-corrected chi connectivity index (χ1v) is 8.96. The maximum absolute atomic E-state index is 11.5. The zero-order valence-corrected chi connectivity index (χ0v) is 14.6.